The van der Waals surface area contributed by atoms with Crippen LogP contribution in [0.1, 0.15) is 21.5 Å². The second-order valence-electron chi connectivity index (χ2n) is 4.71. The maximum absolute atomic E-state index is 13.6. The van der Waals surface area contributed by atoms with Crippen molar-refractivity contribution < 1.29 is 18.3 Å². The van der Waals surface area contributed by atoms with Crippen LogP contribution in [0.3, 0.4) is 0 Å². The zero-order valence-electron chi connectivity index (χ0n) is 10.7. The molecule has 0 unspecified atom stereocenters. The monoisotopic (exact) mass is 274 g/mol. The molecule has 0 saturated heterocycles. The van der Waals surface area contributed by atoms with E-state index in [1.165, 1.54) is 12.1 Å². The third kappa shape index (κ3) is 2.18. The third-order valence-corrected chi connectivity index (χ3v) is 3.40. The zero-order chi connectivity index (χ0) is 14.1. The second-order valence-corrected chi connectivity index (χ2v) is 4.71. The number of carbonyl (C=O) groups is 1. The van der Waals surface area contributed by atoms with Crippen LogP contribution in [0.5, 0.6) is 5.75 Å². The summed E-state index contributed by atoms with van der Waals surface area (Å²) < 4.78 is 32.2. The van der Waals surface area contributed by atoms with Crippen LogP contribution < -0.4 is 4.74 Å². The van der Waals surface area contributed by atoms with E-state index in [2.05, 4.69) is 0 Å². The largest absolute Gasteiger partial charge is 0.492 e. The summed E-state index contributed by atoms with van der Waals surface area (Å²) in [6.45, 7) is 0.550. The molecule has 4 heteroatoms. The van der Waals surface area contributed by atoms with Gasteiger partial charge in [0.05, 0.1) is 12.2 Å². The first kappa shape index (κ1) is 12.8. The quantitative estimate of drug-likeness (QED) is 0.802. The molecule has 0 radical (unpaired) electrons. The standard InChI is InChI=1S/C16H12F2O2/c17-13-6-2-4-11(15(13)18)9-14(19)12-5-1-3-10-7-8-20-16(10)12/h1-6H,7-9H2. The highest BCUT2D eigenvalue weighted by molar-refractivity contribution is 6.00. The van der Waals surface area contributed by atoms with Gasteiger partial charge in [-0.3, -0.25) is 4.79 Å². The van der Waals surface area contributed by atoms with E-state index >= 15 is 0 Å². The maximum Gasteiger partial charge on any atom is 0.171 e. The summed E-state index contributed by atoms with van der Waals surface area (Å²) in [7, 11) is 0. The van der Waals surface area contributed by atoms with Crippen molar-refractivity contribution in [3.05, 3.63) is 64.7 Å². The molecule has 2 nitrogen and oxygen atoms in total. The van der Waals surface area contributed by atoms with E-state index in [1.54, 1.807) is 12.1 Å². The molecule has 1 heterocycles. The number of Topliss-reactive ketones (excluding diaryl/α,β-unsaturated/α-hetero) is 1. The molecule has 0 atom stereocenters. The third-order valence-electron chi connectivity index (χ3n) is 3.40. The highest BCUT2D eigenvalue weighted by Gasteiger charge is 2.21. The summed E-state index contributed by atoms with van der Waals surface area (Å²) in [5, 5.41) is 0. The van der Waals surface area contributed by atoms with Gasteiger partial charge in [-0.15, -0.1) is 0 Å². The number of ether oxygens (including phenoxy) is 1. The predicted molar refractivity (Wildman–Crippen MR) is 70.0 cm³/mol. The van der Waals surface area contributed by atoms with Gasteiger partial charge in [-0.1, -0.05) is 24.3 Å². The number of ketones is 1. The minimum absolute atomic E-state index is 0.0607. The molecule has 0 saturated carbocycles. The zero-order valence-corrected chi connectivity index (χ0v) is 10.7. The van der Waals surface area contributed by atoms with Crippen LogP contribution in [-0.4, -0.2) is 12.4 Å². The topological polar surface area (TPSA) is 26.3 Å². The van der Waals surface area contributed by atoms with Gasteiger partial charge in [-0.25, -0.2) is 8.78 Å². The number of halogens is 2. The molecule has 0 aliphatic carbocycles. The molecule has 1 aliphatic rings. The molecule has 0 spiro atoms. The number of hydrogen-bond donors (Lipinski definition) is 0. The molecule has 2 aromatic rings. The second kappa shape index (κ2) is 5.04. The number of fused-ring (bicyclic) bond motifs is 1. The van der Waals surface area contributed by atoms with E-state index in [0.717, 1.165) is 18.1 Å². The van der Waals surface area contributed by atoms with Crippen LogP contribution in [0, 0.1) is 11.6 Å². The summed E-state index contributed by atoms with van der Waals surface area (Å²) in [5.41, 5.74) is 1.48. The molecule has 0 fully saturated rings. The normalized spacial score (nSPS) is 12.9. The molecule has 0 N–H and O–H groups in total. The lowest BCUT2D eigenvalue weighted by atomic mass is 9.99. The lowest BCUT2D eigenvalue weighted by molar-refractivity contribution is 0.0988. The summed E-state index contributed by atoms with van der Waals surface area (Å²) in [4.78, 5) is 12.3. The molecule has 102 valence electrons. The minimum Gasteiger partial charge on any atom is -0.492 e. The van der Waals surface area contributed by atoms with Gasteiger partial charge in [0.25, 0.3) is 0 Å². The number of para-hydroxylation sites is 1. The fourth-order valence-corrected chi connectivity index (χ4v) is 2.39. The Labute approximate surface area is 115 Å². The number of hydrogen-bond acceptors (Lipinski definition) is 2. The van der Waals surface area contributed by atoms with Gasteiger partial charge in [0.1, 0.15) is 5.75 Å². The van der Waals surface area contributed by atoms with Crippen molar-refractivity contribution in [2.45, 2.75) is 12.8 Å². The molecule has 20 heavy (non-hydrogen) atoms. The molecule has 0 bridgehead atoms. The average Bonchev–Trinajstić information content (AvgIpc) is 2.92. The van der Waals surface area contributed by atoms with Crippen LogP contribution in [0.2, 0.25) is 0 Å². The van der Waals surface area contributed by atoms with E-state index in [9.17, 15) is 13.6 Å². The Morgan fingerprint density at radius 3 is 2.80 bits per heavy atom. The first-order valence-electron chi connectivity index (χ1n) is 6.37. The van der Waals surface area contributed by atoms with Crippen LogP contribution >= 0.6 is 0 Å². The van der Waals surface area contributed by atoms with Gasteiger partial charge < -0.3 is 4.74 Å². The van der Waals surface area contributed by atoms with Crippen LogP contribution in [-0.2, 0) is 12.8 Å². The highest BCUT2D eigenvalue weighted by atomic mass is 19.2. The molecular weight excluding hydrogens is 262 g/mol. The SMILES string of the molecule is O=C(Cc1cccc(F)c1F)c1cccc2c1OCC2. The van der Waals surface area contributed by atoms with Gasteiger partial charge in [-0.2, -0.15) is 0 Å². The predicted octanol–water partition coefficient (Wildman–Crippen LogP) is 3.33. The first-order chi connectivity index (χ1) is 9.66. The molecule has 0 aromatic heterocycles. The first-order valence-corrected chi connectivity index (χ1v) is 6.37. The molecular formula is C16H12F2O2. The van der Waals surface area contributed by atoms with Crippen molar-refractivity contribution in [3.63, 3.8) is 0 Å². The fraction of sp³-hybridized carbons (Fsp3) is 0.188. The van der Waals surface area contributed by atoms with Gasteiger partial charge >= 0.3 is 0 Å². The van der Waals surface area contributed by atoms with Gasteiger partial charge in [-0.05, 0) is 23.3 Å². The van der Waals surface area contributed by atoms with Gasteiger partial charge in [0, 0.05) is 12.8 Å². The summed E-state index contributed by atoms with van der Waals surface area (Å²) in [5.74, 6) is -1.60. The van der Waals surface area contributed by atoms with Crippen LogP contribution in [0.4, 0.5) is 8.78 Å². The van der Waals surface area contributed by atoms with Crippen molar-refractivity contribution in [2.24, 2.45) is 0 Å². The molecule has 0 amide bonds. The van der Waals surface area contributed by atoms with Crippen LogP contribution in [0.25, 0.3) is 0 Å². The number of carbonyl (C=O) groups excluding carboxylic acids is 1. The Hall–Kier alpha value is -2.23. The molecule has 3 rings (SSSR count). The smallest absolute Gasteiger partial charge is 0.171 e. The van der Waals surface area contributed by atoms with Crippen molar-refractivity contribution in [1.29, 1.82) is 0 Å². The summed E-state index contributed by atoms with van der Waals surface area (Å²) >= 11 is 0. The van der Waals surface area contributed by atoms with E-state index in [1.807, 2.05) is 6.07 Å². The van der Waals surface area contributed by atoms with Crippen LogP contribution in [0.15, 0.2) is 36.4 Å². The van der Waals surface area contributed by atoms with E-state index < -0.39 is 11.6 Å². The maximum atomic E-state index is 13.6. The average molecular weight is 274 g/mol. The summed E-state index contributed by atoms with van der Waals surface area (Å²) in [6.07, 6.45) is 0.591. The Balaban J connectivity index is 1.91. The number of benzene rings is 2. The Bertz CT molecular complexity index is 680. The molecule has 2 aromatic carbocycles. The van der Waals surface area contributed by atoms with E-state index in [0.29, 0.717) is 17.9 Å². The van der Waals surface area contributed by atoms with E-state index in [4.69, 9.17) is 4.74 Å². The lowest BCUT2D eigenvalue weighted by Gasteiger charge is -2.08. The Morgan fingerprint density at radius 2 is 1.95 bits per heavy atom. The fourth-order valence-electron chi connectivity index (χ4n) is 2.39. The highest BCUT2D eigenvalue weighted by Crippen LogP contribution is 2.30. The minimum atomic E-state index is -0.964. The van der Waals surface area contributed by atoms with E-state index in [-0.39, 0.29) is 17.8 Å². The Kier molecular flexibility index (Phi) is 3.22. The van der Waals surface area contributed by atoms with Crippen molar-refractivity contribution in [2.75, 3.05) is 6.61 Å². The lowest BCUT2D eigenvalue weighted by Crippen LogP contribution is -2.07. The number of rotatable bonds is 3. The van der Waals surface area contributed by atoms with Crippen molar-refractivity contribution in [3.8, 4) is 5.75 Å². The Morgan fingerprint density at radius 1 is 1.15 bits per heavy atom. The van der Waals surface area contributed by atoms with Gasteiger partial charge in [0.2, 0.25) is 0 Å². The van der Waals surface area contributed by atoms with Crippen molar-refractivity contribution in [1.82, 2.24) is 0 Å². The molecule has 1 aliphatic heterocycles. The summed E-state index contributed by atoms with van der Waals surface area (Å²) in [6, 6.07) is 9.19. The van der Waals surface area contributed by atoms with Crippen molar-refractivity contribution >= 4 is 5.78 Å². The van der Waals surface area contributed by atoms with Gasteiger partial charge in [0.15, 0.2) is 17.4 Å².